The number of fused-ring (bicyclic) bond motifs is 1. The highest BCUT2D eigenvalue weighted by Gasteiger charge is 2.57. The average molecular weight is 422 g/mol. The first-order chi connectivity index (χ1) is 12.8. The Morgan fingerprint density at radius 2 is 1.86 bits per heavy atom. The summed E-state index contributed by atoms with van der Waals surface area (Å²) < 4.78 is 55.1. The molecule has 1 aromatic carbocycles. The zero-order valence-corrected chi connectivity index (χ0v) is 15.0. The summed E-state index contributed by atoms with van der Waals surface area (Å²) in [6.07, 6.45) is -3.88. The van der Waals surface area contributed by atoms with Crippen LogP contribution in [0, 0.1) is 11.7 Å². The fraction of sp³-hybridized carbons (Fsp3) is 0.500. The van der Waals surface area contributed by atoms with E-state index in [1.807, 2.05) is 4.98 Å². The summed E-state index contributed by atoms with van der Waals surface area (Å²) in [4.78, 5) is 28.2. The predicted molar refractivity (Wildman–Crippen MR) is 94.8 cm³/mol. The van der Waals surface area contributed by atoms with Crippen molar-refractivity contribution in [1.82, 2.24) is 9.97 Å². The van der Waals surface area contributed by atoms with Gasteiger partial charge in [0.05, 0.1) is 27.1 Å². The number of hydrogen-bond donors (Lipinski definition) is 4. The van der Waals surface area contributed by atoms with Gasteiger partial charge in [-0.15, -0.1) is 11.6 Å². The van der Waals surface area contributed by atoms with Crippen LogP contribution in [0.25, 0.3) is 10.9 Å². The van der Waals surface area contributed by atoms with Gasteiger partial charge in [-0.3, -0.25) is 9.78 Å². The summed E-state index contributed by atoms with van der Waals surface area (Å²) in [6.45, 7) is -1.15. The van der Waals surface area contributed by atoms with Crippen molar-refractivity contribution in [2.75, 3.05) is 18.0 Å². The summed E-state index contributed by atoms with van der Waals surface area (Å²) >= 11 is 6.49. The van der Waals surface area contributed by atoms with Crippen molar-refractivity contribution in [3.63, 3.8) is 0 Å². The number of anilines is 1. The van der Waals surface area contributed by atoms with E-state index in [0.717, 1.165) is 11.0 Å². The van der Waals surface area contributed by atoms with Crippen LogP contribution >= 0.6 is 11.6 Å². The van der Waals surface area contributed by atoms with E-state index in [9.17, 15) is 22.8 Å². The van der Waals surface area contributed by atoms with Gasteiger partial charge in [0, 0.05) is 18.7 Å². The monoisotopic (exact) mass is 421 g/mol. The number of halogens is 5. The summed E-state index contributed by atoms with van der Waals surface area (Å²) in [7, 11) is 0. The lowest BCUT2D eigenvalue weighted by Crippen LogP contribution is -2.60. The van der Waals surface area contributed by atoms with Gasteiger partial charge in [-0.05, 0) is 18.9 Å². The molecule has 2 fully saturated rings. The van der Waals surface area contributed by atoms with Gasteiger partial charge in [0.1, 0.15) is 11.7 Å². The van der Waals surface area contributed by atoms with Gasteiger partial charge < -0.3 is 21.4 Å². The second-order valence-corrected chi connectivity index (χ2v) is 8.19. The first-order valence-corrected chi connectivity index (χ1v) is 8.79. The second kappa shape index (κ2) is 5.71. The Kier molecular flexibility index (Phi) is 3.92. The second-order valence-electron chi connectivity index (χ2n) is 7.47. The van der Waals surface area contributed by atoms with Crippen LogP contribution in [0.15, 0.2) is 15.7 Å². The molecule has 1 aromatic heterocycles. The topological polar surface area (TPSA) is 121 Å². The standard InChI is InChI=1S/C16H16ClF4N5O2/c17-14(1-2-14)9-10-6(12(27)25-13(28)24-10)3-7(18)11(9)26-4-8(16(19,20)21)15(22,23)5-26/h3,8H,1-2,4-5,22-23H2,(H2,24,25,27,28). The third-order valence-electron chi connectivity index (χ3n) is 5.33. The van der Waals surface area contributed by atoms with Crippen LogP contribution in [0.5, 0.6) is 0 Å². The van der Waals surface area contributed by atoms with Gasteiger partial charge in [-0.2, -0.15) is 13.2 Å². The minimum Gasteiger partial charge on any atom is -0.365 e. The lowest BCUT2D eigenvalue weighted by atomic mass is 9.98. The van der Waals surface area contributed by atoms with Gasteiger partial charge in [-0.1, -0.05) is 0 Å². The summed E-state index contributed by atoms with van der Waals surface area (Å²) in [5, 5.41) is -0.152. The third-order valence-corrected chi connectivity index (χ3v) is 5.90. The Bertz CT molecular complexity index is 1090. The summed E-state index contributed by atoms with van der Waals surface area (Å²) in [5.74, 6) is -3.03. The minimum absolute atomic E-state index is 0.00671. The molecule has 0 bridgehead atoms. The quantitative estimate of drug-likeness (QED) is 0.330. The molecule has 1 aliphatic heterocycles. The van der Waals surface area contributed by atoms with Crippen molar-refractivity contribution in [3.05, 3.63) is 38.3 Å². The molecular weight excluding hydrogens is 406 g/mol. The Labute approximate surface area is 159 Å². The van der Waals surface area contributed by atoms with E-state index in [1.54, 1.807) is 0 Å². The van der Waals surface area contributed by atoms with Crippen molar-refractivity contribution in [3.8, 4) is 0 Å². The van der Waals surface area contributed by atoms with Gasteiger partial charge in [0.15, 0.2) is 0 Å². The zero-order valence-electron chi connectivity index (χ0n) is 14.3. The van der Waals surface area contributed by atoms with E-state index < -0.39 is 52.8 Å². The van der Waals surface area contributed by atoms with E-state index in [-0.39, 0.29) is 22.2 Å². The van der Waals surface area contributed by atoms with E-state index in [1.165, 1.54) is 0 Å². The molecule has 0 radical (unpaired) electrons. The first-order valence-electron chi connectivity index (χ1n) is 8.41. The molecule has 12 heteroatoms. The Hall–Kier alpha value is -2.11. The van der Waals surface area contributed by atoms with Crippen LogP contribution < -0.4 is 27.6 Å². The summed E-state index contributed by atoms with van der Waals surface area (Å²) in [6, 6.07) is 0.862. The smallest absolute Gasteiger partial charge is 0.365 e. The Morgan fingerprint density at radius 3 is 2.39 bits per heavy atom. The predicted octanol–water partition coefficient (Wildman–Crippen LogP) is 1.20. The molecular formula is C16H16ClF4N5O2. The molecule has 1 saturated heterocycles. The van der Waals surface area contributed by atoms with Gasteiger partial charge >= 0.3 is 11.9 Å². The maximum atomic E-state index is 15.0. The molecule has 1 atom stereocenters. The molecule has 2 heterocycles. The van der Waals surface area contributed by atoms with Crippen LogP contribution in [0.4, 0.5) is 23.2 Å². The average Bonchev–Trinajstić information content (AvgIpc) is 3.19. The zero-order chi connectivity index (χ0) is 20.6. The highest BCUT2D eigenvalue weighted by atomic mass is 35.5. The Morgan fingerprint density at radius 1 is 1.21 bits per heavy atom. The van der Waals surface area contributed by atoms with Crippen molar-refractivity contribution in [2.45, 2.75) is 29.6 Å². The number of alkyl halides is 4. The van der Waals surface area contributed by atoms with Gasteiger partial charge in [-0.25, -0.2) is 9.18 Å². The molecule has 0 amide bonds. The molecule has 7 nitrogen and oxygen atoms in total. The summed E-state index contributed by atoms with van der Waals surface area (Å²) in [5.41, 5.74) is 7.38. The number of nitrogens with zero attached hydrogens (tertiary/aromatic N) is 1. The number of nitrogens with one attached hydrogen (secondary N) is 2. The van der Waals surface area contributed by atoms with Crippen LogP contribution in [-0.4, -0.2) is 34.9 Å². The van der Waals surface area contributed by atoms with Crippen LogP contribution in [0.3, 0.4) is 0 Å². The van der Waals surface area contributed by atoms with E-state index in [4.69, 9.17) is 23.1 Å². The van der Waals surface area contributed by atoms with Crippen LogP contribution in [0.1, 0.15) is 18.4 Å². The normalized spacial score (nSPS) is 23.4. The van der Waals surface area contributed by atoms with E-state index >= 15 is 4.39 Å². The molecule has 152 valence electrons. The van der Waals surface area contributed by atoms with Crippen molar-refractivity contribution >= 4 is 28.2 Å². The molecule has 0 spiro atoms. The molecule has 4 rings (SSSR count). The maximum absolute atomic E-state index is 15.0. The van der Waals surface area contributed by atoms with Gasteiger partial charge in [0.25, 0.3) is 5.56 Å². The van der Waals surface area contributed by atoms with E-state index in [2.05, 4.69) is 4.98 Å². The minimum atomic E-state index is -4.69. The molecule has 2 aliphatic rings. The highest BCUT2D eigenvalue weighted by molar-refractivity contribution is 6.27. The highest BCUT2D eigenvalue weighted by Crippen LogP contribution is 2.57. The Balaban J connectivity index is 1.97. The van der Waals surface area contributed by atoms with Crippen molar-refractivity contribution in [2.24, 2.45) is 17.4 Å². The van der Waals surface area contributed by atoms with Crippen molar-refractivity contribution < 1.29 is 17.6 Å². The van der Waals surface area contributed by atoms with Crippen LogP contribution in [-0.2, 0) is 4.87 Å². The first kappa shape index (κ1) is 19.2. The molecule has 1 unspecified atom stereocenters. The van der Waals surface area contributed by atoms with E-state index in [0.29, 0.717) is 12.8 Å². The SMILES string of the molecule is NC1(N)CN(c2c(F)cc3c(=O)[nH]c(=O)[nH]c3c2C2(Cl)CC2)CC1C(F)(F)F. The number of benzene rings is 1. The number of nitrogens with two attached hydrogens (primary N) is 2. The number of aromatic amines is 2. The molecule has 28 heavy (non-hydrogen) atoms. The van der Waals surface area contributed by atoms with Gasteiger partial charge in [0.2, 0.25) is 0 Å². The molecule has 6 N–H and O–H groups in total. The molecule has 1 aliphatic carbocycles. The number of aromatic nitrogens is 2. The number of H-pyrrole nitrogens is 2. The maximum Gasteiger partial charge on any atom is 0.396 e. The number of hydrogen-bond acceptors (Lipinski definition) is 5. The fourth-order valence-electron chi connectivity index (χ4n) is 3.84. The number of rotatable bonds is 2. The lowest BCUT2D eigenvalue weighted by molar-refractivity contribution is -0.181. The lowest BCUT2D eigenvalue weighted by Gasteiger charge is -2.27. The third kappa shape index (κ3) is 2.88. The van der Waals surface area contributed by atoms with Crippen molar-refractivity contribution in [1.29, 1.82) is 0 Å². The molecule has 2 aromatic rings. The fourth-order valence-corrected chi connectivity index (χ4v) is 4.12. The van der Waals surface area contributed by atoms with Crippen LogP contribution in [0.2, 0.25) is 0 Å². The molecule has 1 saturated carbocycles. The largest absolute Gasteiger partial charge is 0.396 e.